The highest BCUT2D eigenvalue weighted by Gasteiger charge is 2.67. The second-order valence-corrected chi connectivity index (χ2v) is 7.68. The standard InChI is InChI=1S/C20H23NO4/c1-12(2)10-24-19(23)16-15-8-9-20(25-15)11-21(18(22)17(16)20)14-6-4-13(3)5-7-14/h4-9,12,15-17H,10-11H2,1-3H3/t15-,16-,17-,20-/m1/s1. The van der Waals surface area contributed by atoms with Crippen molar-refractivity contribution in [2.75, 3.05) is 18.1 Å². The third kappa shape index (κ3) is 2.49. The Morgan fingerprint density at radius 3 is 2.76 bits per heavy atom. The molecule has 1 amide bonds. The minimum Gasteiger partial charge on any atom is -0.465 e. The van der Waals surface area contributed by atoms with E-state index in [1.54, 1.807) is 4.90 Å². The van der Waals surface area contributed by atoms with Crippen LogP contribution >= 0.6 is 0 Å². The fraction of sp³-hybridized carbons (Fsp3) is 0.500. The van der Waals surface area contributed by atoms with E-state index in [9.17, 15) is 9.59 Å². The molecule has 3 aliphatic heterocycles. The zero-order valence-electron chi connectivity index (χ0n) is 14.8. The highest BCUT2D eigenvalue weighted by molar-refractivity contribution is 6.02. The average Bonchev–Trinajstić information content (AvgIpc) is 3.22. The van der Waals surface area contributed by atoms with Gasteiger partial charge in [0.15, 0.2) is 0 Å². The molecule has 0 radical (unpaired) electrons. The molecule has 25 heavy (non-hydrogen) atoms. The van der Waals surface area contributed by atoms with Gasteiger partial charge in [-0.3, -0.25) is 9.59 Å². The predicted octanol–water partition coefficient (Wildman–Crippen LogP) is 2.48. The molecule has 3 aliphatic rings. The number of ether oxygens (including phenoxy) is 2. The fourth-order valence-electron chi connectivity index (χ4n) is 4.06. The summed E-state index contributed by atoms with van der Waals surface area (Å²) in [5.74, 6) is -1.16. The SMILES string of the molecule is Cc1ccc(N2C[C@@]34C=C[C@@H](O3)[C@@H](C(=O)OCC(C)C)[C@@H]4C2=O)cc1. The summed E-state index contributed by atoms with van der Waals surface area (Å²) in [6.45, 7) is 6.80. The van der Waals surface area contributed by atoms with Crippen molar-refractivity contribution in [1.29, 1.82) is 0 Å². The lowest BCUT2D eigenvalue weighted by atomic mass is 9.77. The molecule has 4 rings (SSSR count). The normalized spacial score (nSPS) is 32.6. The van der Waals surface area contributed by atoms with Crippen LogP contribution in [0.1, 0.15) is 19.4 Å². The van der Waals surface area contributed by atoms with Crippen LogP contribution in [0.5, 0.6) is 0 Å². The molecule has 5 nitrogen and oxygen atoms in total. The van der Waals surface area contributed by atoms with Crippen molar-refractivity contribution in [3.05, 3.63) is 42.0 Å². The van der Waals surface area contributed by atoms with E-state index in [0.29, 0.717) is 13.2 Å². The number of aryl methyl sites for hydroxylation is 1. The Bertz CT molecular complexity index is 739. The van der Waals surface area contributed by atoms with E-state index in [-0.39, 0.29) is 23.9 Å². The summed E-state index contributed by atoms with van der Waals surface area (Å²) < 4.78 is 11.5. The molecule has 0 unspecified atom stereocenters. The van der Waals surface area contributed by atoms with Crippen LogP contribution < -0.4 is 4.90 Å². The quantitative estimate of drug-likeness (QED) is 0.624. The summed E-state index contributed by atoms with van der Waals surface area (Å²) >= 11 is 0. The number of carbonyl (C=O) groups is 2. The number of carbonyl (C=O) groups excluding carboxylic acids is 2. The topological polar surface area (TPSA) is 55.8 Å². The summed E-state index contributed by atoms with van der Waals surface area (Å²) in [5, 5.41) is 0. The van der Waals surface area contributed by atoms with Gasteiger partial charge in [-0.2, -0.15) is 0 Å². The summed E-state index contributed by atoms with van der Waals surface area (Å²) in [4.78, 5) is 27.5. The monoisotopic (exact) mass is 341 g/mol. The van der Waals surface area contributed by atoms with E-state index >= 15 is 0 Å². The van der Waals surface area contributed by atoms with Crippen molar-refractivity contribution >= 4 is 17.6 Å². The summed E-state index contributed by atoms with van der Waals surface area (Å²) in [5.41, 5.74) is 1.28. The molecular weight excluding hydrogens is 318 g/mol. The fourth-order valence-corrected chi connectivity index (χ4v) is 4.06. The van der Waals surface area contributed by atoms with Crippen molar-refractivity contribution in [2.45, 2.75) is 32.5 Å². The van der Waals surface area contributed by atoms with Gasteiger partial charge in [-0.25, -0.2) is 0 Å². The van der Waals surface area contributed by atoms with E-state index < -0.39 is 17.4 Å². The first-order valence-electron chi connectivity index (χ1n) is 8.83. The highest BCUT2D eigenvalue weighted by Crippen LogP contribution is 2.52. The minimum atomic E-state index is -0.700. The molecule has 4 atom stereocenters. The number of rotatable bonds is 4. The number of esters is 1. The molecule has 0 aliphatic carbocycles. The van der Waals surface area contributed by atoms with Crippen LogP contribution in [0.25, 0.3) is 0 Å². The van der Waals surface area contributed by atoms with Crippen LogP contribution in [-0.4, -0.2) is 36.7 Å². The van der Waals surface area contributed by atoms with Gasteiger partial charge in [-0.1, -0.05) is 43.7 Å². The van der Waals surface area contributed by atoms with E-state index in [2.05, 4.69) is 0 Å². The summed E-state index contributed by atoms with van der Waals surface area (Å²) in [6, 6.07) is 7.84. The maximum atomic E-state index is 13.1. The Hall–Kier alpha value is -2.14. The van der Waals surface area contributed by atoms with Crippen molar-refractivity contribution < 1.29 is 19.1 Å². The molecule has 1 aromatic carbocycles. The van der Waals surface area contributed by atoms with E-state index in [4.69, 9.17) is 9.47 Å². The molecule has 0 N–H and O–H groups in total. The van der Waals surface area contributed by atoms with Gasteiger partial charge in [-0.15, -0.1) is 0 Å². The molecule has 132 valence electrons. The van der Waals surface area contributed by atoms with Crippen molar-refractivity contribution in [2.24, 2.45) is 17.8 Å². The maximum Gasteiger partial charge on any atom is 0.312 e. The Morgan fingerprint density at radius 2 is 2.08 bits per heavy atom. The van der Waals surface area contributed by atoms with Gasteiger partial charge in [0.2, 0.25) is 5.91 Å². The lowest BCUT2D eigenvalue weighted by Gasteiger charge is -2.23. The highest BCUT2D eigenvalue weighted by atomic mass is 16.6. The van der Waals surface area contributed by atoms with Crippen LogP contribution in [0.4, 0.5) is 5.69 Å². The summed E-state index contributed by atoms with van der Waals surface area (Å²) in [6.07, 6.45) is 3.51. The van der Waals surface area contributed by atoms with Gasteiger partial charge in [0, 0.05) is 5.69 Å². The van der Waals surface area contributed by atoms with Gasteiger partial charge in [-0.05, 0) is 25.0 Å². The lowest BCUT2D eigenvalue weighted by molar-refractivity contribution is -0.153. The molecule has 2 fully saturated rings. The van der Waals surface area contributed by atoms with Gasteiger partial charge >= 0.3 is 5.97 Å². The number of anilines is 1. The van der Waals surface area contributed by atoms with Crippen LogP contribution in [0.3, 0.4) is 0 Å². The first kappa shape index (κ1) is 16.3. The number of hydrogen-bond donors (Lipinski definition) is 0. The molecule has 0 saturated carbocycles. The van der Waals surface area contributed by atoms with E-state index in [1.807, 2.05) is 57.2 Å². The Labute approximate surface area is 147 Å². The van der Waals surface area contributed by atoms with Crippen LogP contribution in [0.15, 0.2) is 36.4 Å². The number of hydrogen-bond acceptors (Lipinski definition) is 4. The molecule has 2 bridgehead atoms. The molecule has 2 saturated heterocycles. The molecule has 1 spiro atoms. The van der Waals surface area contributed by atoms with Crippen LogP contribution in [0, 0.1) is 24.7 Å². The number of nitrogens with zero attached hydrogens (tertiary/aromatic N) is 1. The zero-order chi connectivity index (χ0) is 17.8. The first-order valence-corrected chi connectivity index (χ1v) is 8.83. The number of fused-ring (bicyclic) bond motifs is 1. The van der Waals surface area contributed by atoms with Gasteiger partial charge < -0.3 is 14.4 Å². The van der Waals surface area contributed by atoms with Crippen molar-refractivity contribution in [1.82, 2.24) is 0 Å². The molecule has 5 heteroatoms. The van der Waals surface area contributed by atoms with Gasteiger partial charge in [0.05, 0.1) is 25.2 Å². The maximum absolute atomic E-state index is 13.1. The Balaban J connectivity index is 1.61. The number of benzene rings is 1. The first-order chi connectivity index (χ1) is 11.9. The average molecular weight is 341 g/mol. The Kier molecular flexibility index (Phi) is 3.72. The summed E-state index contributed by atoms with van der Waals surface area (Å²) in [7, 11) is 0. The van der Waals surface area contributed by atoms with E-state index in [0.717, 1.165) is 11.3 Å². The van der Waals surface area contributed by atoms with Gasteiger partial charge in [0.1, 0.15) is 11.5 Å². The number of amides is 1. The minimum absolute atomic E-state index is 0.0535. The molecular formula is C20H23NO4. The van der Waals surface area contributed by atoms with Crippen molar-refractivity contribution in [3.8, 4) is 0 Å². The smallest absolute Gasteiger partial charge is 0.312 e. The zero-order valence-corrected chi connectivity index (χ0v) is 14.8. The van der Waals surface area contributed by atoms with Crippen LogP contribution in [-0.2, 0) is 19.1 Å². The lowest BCUT2D eigenvalue weighted by Crippen LogP contribution is -2.40. The molecule has 0 aromatic heterocycles. The molecule has 3 heterocycles. The molecule has 1 aromatic rings. The van der Waals surface area contributed by atoms with Crippen LogP contribution in [0.2, 0.25) is 0 Å². The second-order valence-electron chi connectivity index (χ2n) is 7.68. The third-order valence-corrected chi connectivity index (χ3v) is 5.28. The largest absolute Gasteiger partial charge is 0.465 e. The van der Waals surface area contributed by atoms with Gasteiger partial charge in [0.25, 0.3) is 0 Å². The second kappa shape index (κ2) is 5.70. The van der Waals surface area contributed by atoms with E-state index in [1.165, 1.54) is 0 Å². The Morgan fingerprint density at radius 1 is 1.36 bits per heavy atom. The third-order valence-electron chi connectivity index (χ3n) is 5.28. The predicted molar refractivity (Wildman–Crippen MR) is 93.1 cm³/mol. The van der Waals surface area contributed by atoms with Crippen molar-refractivity contribution in [3.63, 3.8) is 0 Å².